The Balaban J connectivity index is 1.67. The van der Waals surface area contributed by atoms with Crippen molar-refractivity contribution in [2.75, 3.05) is 19.7 Å². The van der Waals surface area contributed by atoms with E-state index in [2.05, 4.69) is 15.9 Å². The number of nitrogens with zero attached hydrogens (tertiary/aromatic N) is 1. The number of carbonyl (C=O) groups is 1. The molecule has 0 radical (unpaired) electrons. The first-order valence-corrected chi connectivity index (χ1v) is 9.70. The van der Waals surface area contributed by atoms with Crippen LogP contribution in [0.2, 0.25) is 0 Å². The molecule has 2 rings (SSSR count). The van der Waals surface area contributed by atoms with Crippen molar-refractivity contribution in [1.29, 1.82) is 0 Å². The lowest BCUT2D eigenvalue weighted by molar-refractivity contribution is 0.0179. The molecule has 0 aromatic heterocycles. The first-order chi connectivity index (χ1) is 12.2. The lowest BCUT2D eigenvalue weighted by Crippen LogP contribution is -2.41. The normalized spacial score (nSPS) is 15.8. The van der Waals surface area contributed by atoms with Gasteiger partial charge in [0, 0.05) is 25.2 Å². The SMILES string of the molecule is CC(C)(C)OC(=O)N1CCC(CCCOc2cc(F)c(Br)c(F)c2)CC1. The predicted molar refractivity (Wildman–Crippen MR) is 99.3 cm³/mol. The molecule has 1 aromatic rings. The summed E-state index contributed by atoms with van der Waals surface area (Å²) in [4.78, 5) is 13.8. The van der Waals surface area contributed by atoms with Crippen molar-refractivity contribution in [1.82, 2.24) is 4.90 Å². The van der Waals surface area contributed by atoms with Gasteiger partial charge in [-0.3, -0.25) is 0 Å². The Morgan fingerprint density at radius 1 is 1.23 bits per heavy atom. The molecule has 0 N–H and O–H groups in total. The number of ether oxygens (including phenoxy) is 2. The molecule has 1 aliphatic rings. The van der Waals surface area contributed by atoms with Gasteiger partial charge in [0.15, 0.2) is 0 Å². The summed E-state index contributed by atoms with van der Waals surface area (Å²) in [5.41, 5.74) is -0.475. The van der Waals surface area contributed by atoms with Crippen LogP contribution in [-0.2, 0) is 4.74 Å². The van der Waals surface area contributed by atoms with E-state index in [1.54, 1.807) is 4.90 Å². The zero-order valence-electron chi connectivity index (χ0n) is 15.5. The zero-order valence-corrected chi connectivity index (χ0v) is 17.1. The van der Waals surface area contributed by atoms with Gasteiger partial charge in [0.2, 0.25) is 0 Å². The number of carbonyl (C=O) groups excluding carboxylic acids is 1. The van der Waals surface area contributed by atoms with Gasteiger partial charge in [-0.05, 0) is 68.3 Å². The molecule has 0 spiro atoms. The van der Waals surface area contributed by atoms with Gasteiger partial charge in [0.05, 0.1) is 11.1 Å². The molecular formula is C19H26BrF2NO3. The smallest absolute Gasteiger partial charge is 0.410 e. The minimum absolute atomic E-state index is 0.179. The summed E-state index contributed by atoms with van der Waals surface area (Å²) in [6.07, 6.45) is 3.38. The first kappa shape index (κ1) is 20.9. The maximum absolute atomic E-state index is 13.4. The fourth-order valence-corrected chi connectivity index (χ4v) is 3.14. The maximum atomic E-state index is 13.4. The third-order valence-corrected chi connectivity index (χ3v) is 5.01. The molecule has 1 heterocycles. The standard InChI is InChI=1S/C19H26BrF2NO3/c1-19(2,3)26-18(24)23-8-6-13(7-9-23)5-4-10-25-14-11-15(21)17(20)16(22)12-14/h11-13H,4-10H2,1-3H3. The molecule has 1 aromatic carbocycles. The highest BCUT2D eigenvalue weighted by Gasteiger charge is 2.26. The van der Waals surface area contributed by atoms with E-state index in [-0.39, 0.29) is 16.3 Å². The second kappa shape index (κ2) is 9.02. The Bertz CT molecular complexity index is 603. The monoisotopic (exact) mass is 433 g/mol. The zero-order chi connectivity index (χ0) is 19.3. The van der Waals surface area contributed by atoms with Crippen LogP contribution < -0.4 is 4.74 Å². The molecule has 1 saturated heterocycles. The van der Waals surface area contributed by atoms with Crippen molar-refractivity contribution in [3.63, 3.8) is 0 Å². The topological polar surface area (TPSA) is 38.8 Å². The molecular weight excluding hydrogens is 408 g/mol. The lowest BCUT2D eigenvalue weighted by atomic mass is 9.92. The van der Waals surface area contributed by atoms with Crippen LogP contribution in [0.4, 0.5) is 13.6 Å². The predicted octanol–water partition coefficient (Wildman–Crippen LogP) is 5.53. The number of amides is 1. The number of hydrogen-bond acceptors (Lipinski definition) is 3. The highest BCUT2D eigenvalue weighted by atomic mass is 79.9. The fraction of sp³-hybridized carbons (Fsp3) is 0.632. The Morgan fingerprint density at radius 2 is 1.81 bits per heavy atom. The van der Waals surface area contributed by atoms with E-state index >= 15 is 0 Å². The summed E-state index contributed by atoms with van der Waals surface area (Å²) in [7, 11) is 0. The van der Waals surface area contributed by atoms with Crippen LogP contribution in [0.3, 0.4) is 0 Å². The summed E-state index contributed by atoms with van der Waals surface area (Å²) in [5.74, 6) is -0.623. The van der Waals surface area contributed by atoms with Crippen LogP contribution >= 0.6 is 15.9 Å². The molecule has 1 aliphatic heterocycles. The van der Waals surface area contributed by atoms with Gasteiger partial charge in [-0.25, -0.2) is 13.6 Å². The van der Waals surface area contributed by atoms with Gasteiger partial charge in [0.1, 0.15) is 23.0 Å². The van der Waals surface area contributed by atoms with E-state index < -0.39 is 17.2 Å². The molecule has 1 fully saturated rings. The van der Waals surface area contributed by atoms with E-state index in [9.17, 15) is 13.6 Å². The van der Waals surface area contributed by atoms with Gasteiger partial charge >= 0.3 is 6.09 Å². The van der Waals surface area contributed by atoms with Crippen molar-refractivity contribution >= 4 is 22.0 Å². The number of halogens is 3. The second-order valence-corrected chi connectivity index (χ2v) is 8.40. The maximum Gasteiger partial charge on any atom is 0.410 e. The number of likely N-dealkylation sites (tertiary alicyclic amines) is 1. The van der Waals surface area contributed by atoms with Crippen LogP contribution in [0.1, 0.15) is 46.5 Å². The Labute approximate surface area is 162 Å². The molecule has 0 unspecified atom stereocenters. The van der Waals surface area contributed by atoms with Gasteiger partial charge < -0.3 is 14.4 Å². The molecule has 1 amide bonds. The lowest BCUT2D eigenvalue weighted by Gasteiger charge is -2.33. The van der Waals surface area contributed by atoms with Gasteiger partial charge in [0.25, 0.3) is 0 Å². The van der Waals surface area contributed by atoms with Gasteiger partial charge in [-0.2, -0.15) is 0 Å². The van der Waals surface area contributed by atoms with E-state index in [0.717, 1.165) is 25.7 Å². The van der Waals surface area contributed by atoms with Gasteiger partial charge in [-0.1, -0.05) is 0 Å². The number of piperidine rings is 1. The van der Waals surface area contributed by atoms with Crippen molar-refractivity contribution in [3.8, 4) is 5.75 Å². The van der Waals surface area contributed by atoms with E-state index in [4.69, 9.17) is 9.47 Å². The molecule has 4 nitrogen and oxygen atoms in total. The molecule has 0 bridgehead atoms. The van der Waals surface area contributed by atoms with Crippen molar-refractivity contribution in [3.05, 3.63) is 28.2 Å². The van der Waals surface area contributed by atoms with E-state index in [1.807, 2.05) is 20.8 Å². The van der Waals surface area contributed by atoms with Crippen LogP contribution in [0.15, 0.2) is 16.6 Å². The number of rotatable bonds is 5. The van der Waals surface area contributed by atoms with E-state index in [1.165, 1.54) is 12.1 Å². The highest BCUT2D eigenvalue weighted by molar-refractivity contribution is 9.10. The summed E-state index contributed by atoms with van der Waals surface area (Å²) < 4.78 is 37.5. The molecule has 0 saturated carbocycles. The van der Waals surface area contributed by atoms with Crippen LogP contribution in [0.25, 0.3) is 0 Å². The Kier molecular flexibility index (Phi) is 7.26. The Morgan fingerprint density at radius 3 is 2.35 bits per heavy atom. The van der Waals surface area contributed by atoms with E-state index in [0.29, 0.717) is 25.6 Å². The summed E-state index contributed by atoms with van der Waals surface area (Å²) in [6.45, 7) is 7.39. The molecule has 0 aliphatic carbocycles. The largest absolute Gasteiger partial charge is 0.493 e. The van der Waals surface area contributed by atoms with Gasteiger partial charge in [-0.15, -0.1) is 0 Å². The van der Waals surface area contributed by atoms with Crippen molar-refractivity contribution in [2.45, 2.75) is 52.1 Å². The average molecular weight is 434 g/mol. The molecule has 7 heteroatoms. The van der Waals surface area contributed by atoms with Crippen LogP contribution in [0.5, 0.6) is 5.75 Å². The average Bonchev–Trinajstić information content (AvgIpc) is 2.55. The third kappa shape index (κ3) is 6.41. The summed E-state index contributed by atoms with van der Waals surface area (Å²) in [6, 6.07) is 2.35. The Hall–Kier alpha value is -1.37. The highest BCUT2D eigenvalue weighted by Crippen LogP contribution is 2.26. The van der Waals surface area contributed by atoms with Crippen molar-refractivity contribution in [2.24, 2.45) is 5.92 Å². The van der Waals surface area contributed by atoms with Crippen molar-refractivity contribution < 1.29 is 23.0 Å². The summed E-state index contributed by atoms with van der Waals surface area (Å²) in [5, 5.41) is 0. The minimum atomic E-state index is -0.672. The first-order valence-electron chi connectivity index (χ1n) is 8.91. The summed E-state index contributed by atoms with van der Waals surface area (Å²) >= 11 is 2.84. The molecule has 0 atom stereocenters. The third-order valence-electron chi connectivity index (χ3n) is 4.25. The second-order valence-electron chi connectivity index (χ2n) is 7.60. The molecule has 26 heavy (non-hydrogen) atoms. The minimum Gasteiger partial charge on any atom is -0.493 e. The quantitative estimate of drug-likeness (QED) is 0.452. The molecule has 146 valence electrons. The fourth-order valence-electron chi connectivity index (χ4n) is 2.91. The number of benzene rings is 1. The van der Waals surface area contributed by atoms with Crippen LogP contribution in [0, 0.1) is 17.6 Å². The number of hydrogen-bond donors (Lipinski definition) is 0. The van der Waals surface area contributed by atoms with Crippen LogP contribution in [-0.4, -0.2) is 36.3 Å².